The van der Waals surface area contributed by atoms with E-state index in [0.717, 1.165) is 0 Å². The highest BCUT2D eigenvalue weighted by Gasteiger charge is 2.40. The number of hydrogen-bond donors (Lipinski definition) is 0. The van der Waals surface area contributed by atoms with Crippen LogP contribution in [0.4, 0.5) is 0 Å². The van der Waals surface area contributed by atoms with Crippen LogP contribution in [0.1, 0.15) is 50.4 Å². The zero-order valence-electron chi connectivity index (χ0n) is 13.3. The van der Waals surface area contributed by atoms with Gasteiger partial charge in [-0.3, -0.25) is 14.4 Å². The van der Waals surface area contributed by atoms with Gasteiger partial charge in [-0.1, -0.05) is 13.8 Å². The van der Waals surface area contributed by atoms with Crippen LogP contribution in [0.5, 0.6) is 5.75 Å². The molecule has 4 heteroatoms. The van der Waals surface area contributed by atoms with Gasteiger partial charge in [0, 0.05) is 24.8 Å². The van der Waals surface area contributed by atoms with Crippen molar-refractivity contribution in [1.29, 1.82) is 0 Å². The fraction of sp³-hybridized carbons (Fsp3) is 0.500. The molecule has 0 spiro atoms. The molecule has 0 aliphatic heterocycles. The van der Waals surface area contributed by atoms with Gasteiger partial charge in [0.1, 0.15) is 17.3 Å². The van der Waals surface area contributed by atoms with E-state index >= 15 is 0 Å². The van der Waals surface area contributed by atoms with Gasteiger partial charge in [-0.15, -0.1) is 0 Å². The van der Waals surface area contributed by atoms with Crippen LogP contribution in [0.25, 0.3) is 0 Å². The van der Waals surface area contributed by atoms with Crippen LogP contribution in [0, 0.1) is 11.3 Å². The zero-order valence-corrected chi connectivity index (χ0v) is 13.3. The van der Waals surface area contributed by atoms with Crippen molar-refractivity contribution in [2.24, 2.45) is 11.3 Å². The monoisotopic (exact) mass is 302 g/mol. The Hall–Kier alpha value is -1.97. The van der Waals surface area contributed by atoms with Crippen molar-refractivity contribution in [2.45, 2.75) is 40.0 Å². The molecule has 0 N–H and O–H groups in total. The van der Waals surface area contributed by atoms with Gasteiger partial charge in [-0.05, 0) is 36.6 Å². The fourth-order valence-electron chi connectivity index (χ4n) is 2.87. The molecule has 0 atom stereocenters. The fourth-order valence-corrected chi connectivity index (χ4v) is 2.87. The Labute approximate surface area is 130 Å². The molecule has 1 aromatic carbocycles. The summed E-state index contributed by atoms with van der Waals surface area (Å²) in [6, 6.07) is 6.80. The minimum Gasteiger partial charge on any atom is -0.494 e. The van der Waals surface area contributed by atoms with Gasteiger partial charge in [-0.2, -0.15) is 0 Å². The van der Waals surface area contributed by atoms with Crippen molar-refractivity contribution in [2.75, 3.05) is 6.61 Å². The highest BCUT2D eigenvalue weighted by atomic mass is 16.5. The second-order valence-electron chi connectivity index (χ2n) is 6.59. The van der Waals surface area contributed by atoms with E-state index in [0.29, 0.717) is 30.8 Å². The third-order valence-electron chi connectivity index (χ3n) is 3.96. The zero-order chi connectivity index (χ0) is 16.3. The minimum absolute atomic E-state index is 0.0261. The molecule has 1 aliphatic rings. The van der Waals surface area contributed by atoms with Gasteiger partial charge >= 0.3 is 0 Å². The van der Waals surface area contributed by atoms with Crippen LogP contribution >= 0.6 is 0 Å². The van der Waals surface area contributed by atoms with Crippen LogP contribution in [0.2, 0.25) is 0 Å². The molecule has 1 fully saturated rings. The molecule has 1 saturated carbocycles. The second kappa shape index (κ2) is 6.42. The lowest BCUT2D eigenvalue weighted by atomic mass is 9.70. The second-order valence-corrected chi connectivity index (χ2v) is 6.59. The average Bonchev–Trinajstić information content (AvgIpc) is 2.43. The van der Waals surface area contributed by atoms with Crippen molar-refractivity contribution in [3.63, 3.8) is 0 Å². The maximum Gasteiger partial charge on any atom is 0.164 e. The number of carbonyl (C=O) groups excluding carboxylic acids is 3. The molecule has 0 heterocycles. The van der Waals surface area contributed by atoms with Crippen molar-refractivity contribution >= 4 is 17.3 Å². The maximum atomic E-state index is 12.3. The molecule has 0 aromatic heterocycles. The number of hydrogen-bond acceptors (Lipinski definition) is 4. The van der Waals surface area contributed by atoms with Gasteiger partial charge < -0.3 is 4.74 Å². The Kier molecular flexibility index (Phi) is 4.79. The van der Waals surface area contributed by atoms with Gasteiger partial charge in [0.2, 0.25) is 0 Å². The number of Topliss-reactive ketones (excluding diaryl/α,β-unsaturated/α-hetero) is 3. The van der Waals surface area contributed by atoms with Crippen LogP contribution in [-0.4, -0.2) is 24.0 Å². The molecule has 0 radical (unpaired) electrons. The SMILES string of the molecule is CCOc1ccc(C(=O)CC2C(=O)CC(C)(C)CC2=O)cc1. The first-order valence-corrected chi connectivity index (χ1v) is 7.64. The van der Waals surface area contributed by atoms with E-state index in [2.05, 4.69) is 0 Å². The first-order chi connectivity index (χ1) is 10.3. The van der Waals surface area contributed by atoms with Crippen molar-refractivity contribution < 1.29 is 19.1 Å². The molecule has 118 valence electrons. The molecular formula is C18H22O4. The van der Waals surface area contributed by atoms with E-state index in [9.17, 15) is 14.4 Å². The predicted octanol–water partition coefficient (Wildman–Crippen LogP) is 3.23. The predicted molar refractivity (Wildman–Crippen MR) is 83.1 cm³/mol. The number of ether oxygens (including phenoxy) is 1. The summed E-state index contributed by atoms with van der Waals surface area (Å²) in [6.45, 7) is 6.27. The van der Waals surface area contributed by atoms with Crippen LogP contribution < -0.4 is 4.74 Å². The summed E-state index contributed by atoms with van der Waals surface area (Å²) >= 11 is 0. The molecule has 1 aromatic rings. The van der Waals surface area contributed by atoms with Crippen molar-refractivity contribution in [1.82, 2.24) is 0 Å². The smallest absolute Gasteiger partial charge is 0.164 e. The summed E-state index contributed by atoms with van der Waals surface area (Å²) in [5, 5.41) is 0. The number of rotatable bonds is 5. The van der Waals surface area contributed by atoms with Gasteiger partial charge in [0.15, 0.2) is 5.78 Å². The lowest BCUT2D eigenvalue weighted by molar-refractivity contribution is -0.139. The average molecular weight is 302 g/mol. The van der Waals surface area contributed by atoms with E-state index < -0.39 is 5.92 Å². The quantitative estimate of drug-likeness (QED) is 0.619. The third-order valence-corrected chi connectivity index (χ3v) is 3.96. The number of carbonyl (C=O) groups is 3. The molecule has 2 rings (SSSR count). The molecule has 1 aliphatic carbocycles. The molecule has 0 bridgehead atoms. The summed E-state index contributed by atoms with van der Waals surface area (Å²) in [5.41, 5.74) is 0.223. The van der Waals surface area contributed by atoms with E-state index in [1.807, 2.05) is 20.8 Å². The number of ketones is 3. The molecular weight excluding hydrogens is 280 g/mol. The summed E-state index contributed by atoms with van der Waals surface area (Å²) in [7, 11) is 0. The van der Waals surface area contributed by atoms with E-state index in [1.165, 1.54) is 0 Å². The van der Waals surface area contributed by atoms with E-state index in [-0.39, 0.29) is 29.2 Å². The first-order valence-electron chi connectivity index (χ1n) is 7.64. The summed E-state index contributed by atoms with van der Waals surface area (Å²) in [5.74, 6) is -0.465. The summed E-state index contributed by atoms with van der Waals surface area (Å²) in [6.07, 6.45) is 0.696. The summed E-state index contributed by atoms with van der Waals surface area (Å²) in [4.78, 5) is 36.6. The normalized spacial score (nSPS) is 18.3. The summed E-state index contributed by atoms with van der Waals surface area (Å²) < 4.78 is 5.33. The van der Waals surface area contributed by atoms with Crippen molar-refractivity contribution in [3.8, 4) is 5.75 Å². The van der Waals surface area contributed by atoms with Crippen LogP contribution in [0.15, 0.2) is 24.3 Å². The van der Waals surface area contributed by atoms with Crippen molar-refractivity contribution in [3.05, 3.63) is 29.8 Å². The largest absolute Gasteiger partial charge is 0.494 e. The Balaban J connectivity index is 2.05. The number of benzene rings is 1. The van der Waals surface area contributed by atoms with Gasteiger partial charge in [0.25, 0.3) is 0 Å². The minimum atomic E-state index is -0.771. The molecule has 0 unspecified atom stereocenters. The third kappa shape index (κ3) is 3.81. The highest BCUT2D eigenvalue weighted by Crippen LogP contribution is 2.35. The molecule has 22 heavy (non-hydrogen) atoms. The Morgan fingerprint density at radius 3 is 2.18 bits per heavy atom. The Bertz CT molecular complexity index is 564. The Morgan fingerprint density at radius 2 is 1.68 bits per heavy atom. The molecule has 0 saturated heterocycles. The van der Waals surface area contributed by atoms with E-state index in [1.54, 1.807) is 24.3 Å². The van der Waals surface area contributed by atoms with Crippen LogP contribution in [-0.2, 0) is 9.59 Å². The van der Waals surface area contributed by atoms with Crippen LogP contribution in [0.3, 0.4) is 0 Å². The topological polar surface area (TPSA) is 60.4 Å². The highest BCUT2D eigenvalue weighted by molar-refractivity contribution is 6.10. The molecule has 4 nitrogen and oxygen atoms in total. The van der Waals surface area contributed by atoms with Gasteiger partial charge in [0.05, 0.1) is 12.5 Å². The lowest BCUT2D eigenvalue weighted by Gasteiger charge is -2.31. The molecule has 0 amide bonds. The Morgan fingerprint density at radius 1 is 1.14 bits per heavy atom. The standard InChI is InChI=1S/C18H22O4/c1-4-22-13-7-5-12(6-8-13)15(19)9-14-16(20)10-18(2,3)11-17(14)21/h5-8,14H,4,9-11H2,1-3H3. The lowest BCUT2D eigenvalue weighted by Crippen LogP contribution is -2.38. The first kappa shape index (κ1) is 16.4. The van der Waals surface area contributed by atoms with Gasteiger partial charge in [-0.25, -0.2) is 0 Å². The van der Waals surface area contributed by atoms with E-state index in [4.69, 9.17) is 4.74 Å². The maximum absolute atomic E-state index is 12.3.